The topological polar surface area (TPSA) is 102 Å². The Balaban J connectivity index is 1.47. The van der Waals surface area contributed by atoms with E-state index in [0.717, 1.165) is 16.7 Å². The highest BCUT2D eigenvalue weighted by Gasteiger charge is 2.79. The predicted octanol–water partition coefficient (Wildman–Crippen LogP) is 7.42. The van der Waals surface area contributed by atoms with E-state index in [1.807, 2.05) is 0 Å². The van der Waals surface area contributed by atoms with Crippen LogP contribution in [0.25, 0.3) is 0 Å². The first kappa shape index (κ1) is 34.8. The SMILES string of the molecule is C=CCOC(=O)N[C@@H](C)C(=O)O[C@H](C)c1ccc([C@H]2C[C@@]3(C)C(CC[C@@]3(O)C(F)(F)C(F)(F)F)C3CCC4=CC(=O)CCC4=C32)cc1. The molecule has 1 aromatic rings. The maximum atomic E-state index is 15.2. The van der Waals surface area contributed by atoms with Crippen LogP contribution in [0.4, 0.5) is 26.7 Å². The van der Waals surface area contributed by atoms with E-state index in [1.54, 1.807) is 37.3 Å². The molecular weight excluding hydrogens is 625 g/mol. The number of ketones is 1. The Hall–Kier alpha value is -3.54. The summed E-state index contributed by atoms with van der Waals surface area (Å²) in [5.74, 6) is -7.53. The van der Waals surface area contributed by atoms with Gasteiger partial charge in [-0.2, -0.15) is 22.0 Å². The van der Waals surface area contributed by atoms with E-state index in [9.17, 15) is 32.7 Å². The summed E-state index contributed by atoms with van der Waals surface area (Å²) in [6, 6.07) is 5.89. The van der Waals surface area contributed by atoms with Crippen LogP contribution in [-0.2, 0) is 19.1 Å². The van der Waals surface area contributed by atoms with E-state index < -0.39 is 65.6 Å². The molecule has 256 valence electrons. The van der Waals surface area contributed by atoms with E-state index in [0.29, 0.717) is 36.8 Å². The molecule has 0 spiro atoms. The molecule has 5 rings (SSSR count). The Kier molecular flexibility index (Phi) is 9.24. The van der Waals surface area contributed by atoms with Crippen LogP contribution >= 0.6 is 0 Å². The van der Waals surface area contributed by atoms with Crippen molar-refractivity contribution in [2.24, 2.45) is 17.3 Å². The summed E-state index contributed by atoms with van der Waals surface area (Å²) in [5.41, 5.74) is -0.953. The molecule has 4 aliphatic carbocycles. The van der Waals surface area contributed by atoms with Crippen LogP contribution in [0.2, 0.25) is 0 Å². The van der Waals surface area contributed by atoms with Gasteiger partial charge >= 0.3 is 24.2 Å². The molecule has 12 heteroatoms. The average molecular weight is 666 g/mol. The van der Waals surface area contributed by atoms with Crippen LogP contribution in [-0.4, -0.2) is 53.3 Å². The first-order chi connectivity index (χ1) is 21.9. The highest BCUT2D eigenvalue weighted by Crippen LogP contribution is 2.70. The molecule has 4 aliphatic rings. The number of carbonyl (C=O) groups is 3. The maximum absolute atomic E-state index is 15.2. The van der Waals surface area contributed by atoms with Crippen molar-refractivity contribution in [2.45, 2.75) is 101 Å². The number of aliphatic hydroxyl groups is 1. The number of allylic oxidation sites excluding steroid dienone is 4. The van der Waals surface area contributed by atoms with E-state index in [-0.39, 0.29) is 31.1 Å². The lowest BCUT2D eigenvalue weighted by Gasteiger charge is -2.56. The second kappa shape index (κ2) is 12.5. The number of hydrogen-bond donors (Lipinski definition) is 2. The molecule has 7 nitrogen and oxygen atoms in total. The molecule has 2 N–H and O–H groups in total. The van der Waals surface area contributed by atoms with Crippen molar-refractivity contribution in [3.8, 4) is 0 Å². The van der Waals surface area contributed by atoms with Crippen molar-refractivity contribution in [1.29, 1.82) is 0 Å². The van der Waals surface area contributed by atoms with Gasteiger partial charge in [-0.15, -0.1) is 0 Å². The summed E-state index contributed by atoms with van der Waals surface area (Å²) in [6.45, 7) is 7.87. The van der Waals surface area contributed by atoms with Crippen molar-refractivity contribution in [3.05, 3.63) is 70.8 Å². The normalized spacial score (nSPS) is 30.3. The third-order valence-electron chi connectivity index (χ3n) is 10.9. The lowest BCUT2D eigenvalue weighted by Crippen LogP contribution is -2.65. The molecular formula is C35H40F5NO6. The first-order valence-electron chi connectivity index (χ1n) is 15.9. The van der Waals surface area contributed by atoms with E-state index in [2.05, 4.69) is 11.9 Å². The number of esters is 1. The van der Waals surface area contributed by atoms with Crippen LogP contribution in [0.15, 0.2) is 59.7 Å². The molecule has 0 aromatic heterocycles. The number of ether oxygens (including phenoxy) is 2. The van der Waals surface area contributed by atoms with Crippen LogP contribution in [0, 0.1) is 17.3 Å². The van der Waals surface area contributed by atoms with E-state index >= 15 is 8.78 Å². The predicted molar refractivity (Wildman–Crippen MR) is 161 cm³/mol. The fourth-order valence-corrected chi connectivity index (χ4v) is 8.47. The number of halogens is 5. The fourth-order valence-electron chi connectivity index (χ4n) is 8.47. The van der Waals surface area contributed by atoms with Crippen LogP contribution in [0.3, 0.4) is 0 Å². The van der Waals surface area contributed by atoms with Crippen molar-refractivity contribution >= 4 is 17.8 Å². The number of amides is 1. The van der Waals surface area contributed by atoms with Crippen molar-refractivity contribution < 1.29 is 50.9 Å². The second-order valence-corrected chi connectivity index (χ2v) is 13.5. The second-order valence-electron chi connectivity index (χ2n) is 13.5. The smallest absolute Gasteiger partial charge is 0.456 e. The van der Waals surface area contributed by atoms with Gasteiger partial charge in [0, 0.05) is 17.8 Å². The van der Waals surface area contributed by atoms with Gasteiger partial charge in [0.1, 0.15) is 24.4 Å². The zero-order chi connectivity index (χ0) is 34.5. The van der Waals surface area contributed by atoms with Gasteiger partial charge in [0.15, 0.2) is 5.78 Å². The lowest BCUT2D eigenvalue weighted by atomic mass is 9.50. The van der Waals surface area contributed by atoms with Crippen LogP contribution < -0.4 is 5.32 Å². The Morgan fingerprint density at radius 2 is 1.79 bits per heavy atom. The van der Waals surface area contributed by atoms with Gasteiger partial charge in [0.05, 0.1) is 0 Å². The van der Waals surface area contributed by atoms with Gasteiger partial charge in [0.25, 0.3) is 0 Å². The molecule has 0 aliphatic heterocycles. The van der Waals surface area contributed by atoms with Gasteiger partial charge in [-0.25, -0.2) is 9.59 Å². The molecule has 1 aromatic carbocycles. The van der Waals surface area contributed by atoms with E-state index in [1.165, 1.54) is 19.9 Å². The number of benzene rings is 1. The average Bonchev–Trinajstić information content (AvgIpc) is 3.30. The molecule has 7 atom stereocenters. The van der Waals surface area contributed by atoms with Gasteiger partial charge in [-0.05, 0) is 92.6 Å². The largest absolute Gasteiger partial charge is 0.456 e. The van der Waals surface area contributed by atoms with Crippen molar-refractivity contribution in [1.82, 2.24) is 5.32 Å². The third kappa shape index (κ3) is 5.91. The summed E-state index contributed by atoms with van der Waals surface area (Å²) in [7, 11) is 0. The molecule has 1 amide bonds. The molecule has 2 saturated carbocycles. The molecule has 2 fully saturated rings. The van der Waals surface area contributed by atoms with Gasteiger partial charge in [-0.3, -0.25) is 4.79 Å². The minimum atomic E-state index is -5.92. The zero-order valence-corrected chi connectivity index (χ0v) is 26.6. The quantitative estimate of drug-likeness (QED) is 0.170. The minimum absolute atomic E-state index is 0.00567. The van der Waals surface area contributed by atoms with Crippen LogP contribution in [0.1, 0.15) is 88.9 Å². The fraction of sp³-hybridized carbons (Fsp3) is 0.571. The van der Waals surface area contributed by atoms with Gasteiger partial charge < -0.3 is 19.9 Å². The molecule has 0 saturated heterocycles. The van der Waals surface area contributed by atoms with Gasteiger partial charge in [-0.1, -0.05) is 49.4 Å². The standard InChI is InChI=1S/C35H40F5NO6/c1-5-16-46-31(44)41-19(2)30(43)47-20(3)21-6-8-22(9-7-21)27-18-32(4)28(14-15-33(32,45)34(36,37)35(38,39)40)26-12-10-23-17-24(42)11-13-25(23)29(26)27/h5-9,17,19-20,26-28,45H,1,10-16,18H2,2-4H3,(H,41,44)/t19-,20+,26?,27+,28?,32-,33-/m0/s1. The molecule has 0 radical (unpaired) electrons. The summed E-state index contributed by atoms with van der Waals surface area (Å²) in [6.07, 6.45) is -3.47. The Labute approximate surface area is 270 Å². The summed E-state index contributed by atoms with van der Waals surface area (Å²) in [5, 5.41) is 13.8. The van der Waals surface area contributed by atoms with Crippen LogP contribution in [0.5, 0.6) is 0 Å². The number of hydrogen-bond acceptors (Lipinski definition) is 6. The number of rotatable bonds is 8. The summed E-state index contributed by atoms with van der Waals surface area (Å²) in [4.78, 5) is 36.7. The number of nitrogens with one attached hydrogen (secondary N) is 1. The number of fused-ring (bicyclic) bond motifs is 4. The molecule has 47 heavy (non-hydrogen) atoms. The number of alkyl carbamates (subject to hydrolysis) is 1. The molecule has 0 heterocycles. The highest BCUT2D eigenvalue weighted by molar-refractivity contribution is 5.93. The summed E-state index contributed by atoms with van der Waals surface area (Å²) < 4.78 is 82.2. The molecule has 0 bridgehead atoms. The Morgan fingerprint density at radius 1 is 1.11 bits per heavy atom. The van der Waals surface area contributed by atoms with Crippen molar-refractivity contribution in [3.63, 3.8) is 0 Å². The third-order valence-corrected chi connectivity index (χ3v) is 10.9. The summed E-state index contributed by atoms with van der Waals surface area (Å²) >= 11 is 0. The van der Waals surface area contributed by atoms with Gasteiger partial charge in [0.2, 0.25) is 0 Å². The maximum Gasteiger partial charge on any atom is 0.456 e. The number of alkyl halides is 5. The minimum Gasteiger partial charge on any atom is -0.456 e. The van der Waals surface area contributed by atoms with E-state index in [4.69, 9.17) is 9.47 Å². The lowest BCUT2D eigenvalue weighted by molar-refractivity contribution is -0.362. The highest BCUT2D eigenvalue weighted by atomic mass is 19.4. The Morgan fingerprint density at radius 3 is 2.43 bits per heavy atom. The number of carbonyl (C=O) groups excluding carboxylic acids is 3. The first-order valence-corrected chi connectivity index (χ1v) is 15.9. The zero-order valence-electron chi connectivity index (χ0n) is 26.6. The van der Waals surface area contributed by atoms with Crippen molar-refractivity contribution in [2.75, 3.05) is 6.61 Å². The molecule has 2 unspecified atom stereocenters. The Bertz CT molecular complexity index is 1500. The monoisotopic (exact) mass is 665 g/mol.